The molecule has 1 aliphatic rings. The number of thioether (sulfide) groups is 1. The molecule has 2 aromatic heterocycles. The molecular formula is C16H24N4S. The van der Waals surface area contributed by atoms with E-state index in [9.17, 15) is 0 Å². The van der Waals surface area contributed by atoms with Gasteiger partial charge in [-0.05, 0) is 36.3 Å². The number of nitrogens with zero attached hydrogens (tertiary/aromatic N) is 3. The van der Waals surface area contributed by atoms with E-state index in [0.29, 0.717) is 0 Å². The lowest BCUT2D eigenvalue weighted by molar-refractivity contribution is 0.515. The molecule has 1 fully saturated rings. The molecule has 0 radical (unpaired) electrons. The quantitative estimate of drug-likeness (QED) is 0.941. The largest absolute Gasteiger partial charge is 0.368 e. The van der Waals surface area contributed by atoms with E-state index in [2.05, 4.69) is 54.0 Å². The molecule has 2 aromatic rings. The van der Waals surface area contributed by atoms with Gasteiger partial charge in [0.1, 0.15) is 5.52 Å². The van der Waals surface area contributed by atoms with Gasteiger partial charge < -0.3 is 5.32 Å². The molecule has 5 heteroatoms. The van der Waals surface area contributed by atoms with E-state index in [1.165, 1.54) is 24.3 Å². The Morgan fingerprint density at radius 3 is 2.81 bits per heavy atom. The Balaban J connectivity index is 1.79. The molecule has 0 aromatic carbocycles. The highest BCUT2D eigenvalue weighted by Gasteiger charge is 2.19. The van der Waals surface area contributed by atoms with Gasteiger partial charge in [0.2, 0.25) is 0 Å². The van der Waals surface area contributed by atoms with Crippen molar-refractivity contribution in [2.45, 2.75) is 39.0 Å². The normalized spacial score (nSPS) is 17.3. The van der Waals surface area contributed by atoms with Crippen molar-refractivity contribution >= 4 is 23.1 Å². The molecule has 0 aliphatic carbocycles. The number of anilines is 1. The summed E-state index contributed by atoms with van der Waals surface area (Å²) in [6.45, 7) is 7.59. The number of fused-ring (bicyclic) bond motifs is 1. The van der Waals surface area contributed by atoms with Crippen LogP contribution >= 0.6 is 11.8 Å². The van der Waals surface area contributed by atoms with Crippen LogP contribution in [0.5, 0.6) is 0 Å². The van der Waals surface area contributed by atoms with Crippen LogP contribution in [0.25, 0.3) is 5.52 Å². The fraction of sp³-hybridized carbons (Fsp3) is 0.625. The minimum Gasteiger partial charge on any atom is -0.368 e. The second-order valence-corrected chi connectivity index (χ2v) is 8.05. The van der Waals surface area contributed by atoms with Crippen molar-refractivity contribution in [1.29, 1.82) is 0 Å². The molecule has 0 spiro atoms. The number of hydrogen-bond acceptors (Lipinski definition) is 4. The zero-order valence-electron chi connectivity index (χ0n) is 13.1. The van der Waals surface area contributed by atoms with Gasteiger partial charge >= 0.3 is 0 Å². The molecule has 1 N–H and O–H groups in total. The molecule has 1 saturated heterocycles. The molecule has 0 saturated carbocycles. The Labute approximate surface area is 130 Å². The first-order valence-corrected chi connectivity index (χ1v) is 8.86. The Morgan fingerprint density at radius 2 is 2.10 bits per heavy atom. The van der Waals surface area contributed by atoms with E-state index in [0.717, 1.165) is 29.5 Å². The van der Waals surface area contributed by atoms with Gasteiger partial charge in [-0.3, -0.25) is 0 Å². The topological polar surface area (TPSA) is 42.2 Å². The summed E-state index contributed by atoms with van der Waals surface area (Å²) in [5, 5.41) is 8.21. The molecule has 1 aliphatic heterocycles. The molecule has 3 heterocycles. The van der Waals surface area contributed by atoms with Crippen LogP contribution in [0.2, 0.25) is 0 Å². The van der Waals surface area contributed by atoms with E-state index in [4.69, 9.17) is 0 Å². The smallest absolute Gasteiger partial charge is 0.152 e. The van der Waals surface area contributed by atoms with Gasteiger partial charge in [-0.15, -0.1) is 0 Å². The summed E-state index contributed by atoms with van der Waals surface area (Å²) >= 11 is 2.07. The maximum Gasteiger partial charge on any atom is 0.152 e. The van der Waals surface area contributed by atoms with E-state index in [1.54, 1.807) is 0 Å². The van der Waals surface area contributed by atoms with Crippen LogP contribution in [-0.4, -0.2) is 32.6 Å². The summed E-state index contributed by atoms with van der Waals surface area (Å²) in [5.74, 6) is 4.33. The van der Waals surface area contributed by atoms with E-state index in [-0.39, 0.29) is 5.41 Å². The monoisotopic (exact) mass is 304 g/mol. The average Bonchev–Trinajstić information content (AvgIpc) is 2.91. The molecule has 0 bridgehead atoms. The highest BCUT2D eigenvalue weighted by atomic mass is 32.2. The van der Waals surface area contributed by atoms with Gasteiger partial charge in [-0.2, -0.15) is 16.9 Å². The second kappa shape index (κ2) is 5.87. The van der Waals surface area contributed by atoms with Crippen molar-refractivity contribution in [3.63, 3.8) is 0 Å². The summed E-state index contributed by atoms with van der Waals surface area (Å²) < 4.78 is 1.94. The van der Waals surface area contributed by atoms with Crippen molar-refractivity contribution in [2.75, 3.05) is 23.4 Å². The van der Waals surface area contributed by atoms with Crippen LogP contribution < -0.4 is 5.32 Å². The predicted octanol–water partition coefficient (Wildman–Crippen LogP) is 3.58. The lowest BCUT2D eigenvalue weighted by Gasteiger charge is -2.21. The molecule has 4 nitrogen and oxygen atoms in total. The summed E-state index contributed by atoms with van der Waals surface area (Å²) in [7, 11) is 0. The van der Waals surface area contributed by atoms with Crippen molar-refractivity contribution in [3.8, 4) is 0 Å². The number of rotatable bonds is 3. The third-order valence-corrected chi connectivity index (χ3v) is 5.11. The van der Waals surface area contributed by atoms with Crippen LogP contribution in [0.1, 0.15) is 39.3 Å². The van der Waals surface area contributed by atoms with Crippen LogP contribution in [0.4, 0.5) is 5.82 Å². The SMILES string of the molecule is CC(C)(C)c1cc2c(NCC3CCSCC3)nccn2n1. The van der Waals surface area contributed by atoms with Crippen molar-refractivity contribution < 1.29 is 0 Å². The van der Waals surface area contributed by atoms with Crippen molar-refractivity contribution in [1.82, 2.24) is 14.6 Å². The zero-order valence-corrected chi connectivity index (χ0v) is 13.9. The highest BCUT2D eigenvalue weighted by Crippen LogP contribution is 2.26. The first kappa shape index (κ1) is 14.7. The third kappa shape index (κ3) is 3.34. The van der Waals surface area contributed by atoms with Gasteiger partial charge in [0.25, 0.3) is 0 Å². The molecule has 0 unspecified atom stereocenters. The van der Waals surface area contributed by atoms with E-state index in [1.807, 2.05) is 16.9 Å². The van der Waals surface area contributed by atoms with E-state index >= 15 is 0 Å². The van der Waals surface area contributed by atoms with Gasteiger partial charge in [-0.25, -0.2) is 9.50 Å². The summed E-state index contributed by atoms with van der Waals surface area (Å²) in [4.78, 5) is 4.51. The zero-order chi connectivity index (χ0) is 14.9. The van der Waals surface area contributed by atoms with Crippen LogP contribution in [0.3, 0.4) is 0 Å². The van der Waals surface area contributed by atoms with Crippen molar-refractivity contribution in [2.24, 2.45) is 5.92 Å². The van der Waals surface area contributed by atoms with E-state index < -0.39 is 0 Å². The summed E-state index contributed by atoms with van der Waals surface area (Å²) in [5.41, 5.74) is 2.24. The predicted molar refractivity (Wildman–Crippen MR) is 90.2 cm³/mol. The Hall–Kier alpha value is -1.23. The Kier molecular flexibility index (Phi) is 4.11. The first-order chi connectivity index (χ1) is 10.0. The summed E-state index contributed by atoms with van der Waals surface area (Å²) in [6, 6.07) is 2.16. The molecule has 3 rings (SSSR count). The highest BCUT2D eigenvalue weighted by molar-refractivity contribution is 7.99. The Morgan fingerprint density at radius 1 is 1.33 bits per heavy atom. The molecule has 21 heavy (non-hydrogen) atoms. The minimum atomic E-state index is 0.0594. The molecular weight excluding hydrogens is 280 g/mol. The molecule has 0 atom stereocenters. The van der Waals surface area contributed by atoms with Crippen LogP contribution in [0.15, 0.2) is 18.5 Å². The molecule has 114 valence electrons. The average molecular weight is 304 g/mol. The minimum absolute atomic E-state index is 0.0594. The van der Waals surface area contributed by atoms with Crippen molar-refractivity contribution in [3.05, 3.63) is 24.2 Å². The van der Waals surface area contributed by atoms with Crippen LogP contribution in [0, 0.1) is 5.92 Å². The lowest BCUT2D eigenvalue weighted by Crippen LogP contribution is -2.19. The first-order valence-electron chi connectivity index (χ1n) is 7.70. The number of aromatic nitrogens is 3. The van der Waals surface area contributed by atoms with Crippen LogP contribution in [-0.2, 0) is 5.41 Å². The fourth-order valence-electron chi connectivity index (χ4n) is 2.62. The standard InChI is InChI=1S/C16H24N4S/c1-16(2,3)14-10-13-15(17-6-7-20(13)19-14)18-11-12-4-8-21-9-5-12/h6-7,10,12H,4-5,8-9,11H2,1-3H3,(H,17,18). The third-order valence-electron chi connectivity index (χ3n) is 4.06. The number of nitrogens with one attached hydrogen (secondary N) is 1. The number of hydrogen-bond donors (Lipinski definition) is 1. The van der Waals surface area contributed by atoms with Gasteiger partial charge in [0, 0.05) is 24.4 Å². The van der Waals surface area contributed by atoms with Gasteiger partial charge in [0.05, 0.1) is 5.69 Å². The maximum absolute atomic E-state index is 4.67. The maximum atomic E-state index is 4.67. The molecule has 0 amide bonds. The van der Waals surface area contributed by atoms with Gasteiger partial charge in [0.15, 0.2) is 5.82 Å². The summed E-state index contributed by atoms with van der Waals surface area (Å²) in [6.07, 6.45) is 6.37. The van der Waals surface area contributed by atoms with Gasteiger partial charge in [-0.1, -0.05) is 20.8 Å². The lowest BCUT2D eigenvalue weighted by atomic mass is 9.92. The Bertz CT molecular complexity index is 608. The fourth-order valence-corrected chi connectivity index (χ4v) is 3.82. The second-order valence-electron chi connectivity index (χ2n) is 6.82.